The molecule has 0 saturated carbocycles. The summed E-state index contributed by atoms with van der Waals surface area (Å²) in [6.07, 6.45) is 4.29. The molecule has 3 atom stereocenters. The van der Waals surface area contributed by atoms with Crippen molar-refractivity contribution in [3.8, 4) is 11.9 Å². The fourth-order valence-electron chi connectivity index (χ4n) is 7.26. The molecular formula is C32H39ClN8O2. The highest BCUT2D eigenvalue weighted by atomic mass is 35.5. The zero-order chi connectivity index (χ0) is 30.4. The molecule has 3 aliphatic heterocycles. The van der Waals surface area contributed by atoms with Crippen molar-refractivity contribution >= 4 is 39.8 Å². The van der Waals surface area contributed by atoms with Gasteiger partial charge in [0.25, 0.3) is 0 Å². The average molecular weight is 603 g/mol. The number of carbonyl (C=O) groups is 1. The second kappa shape index (κ2) is 11.7. The number of aromatic nitrogens is 3. The van der Waals surface area contributed by atoms with Crippen molar-refractivity contribution in [2.45, 2.75) is 64.7 Å². The van der Waals surface area contributed by atoms with Crippen molar-refractivity contribution in [2.75, 3.05) is 49.6 Å². The number of likely N-dealkylation sites (tertiary alicyclic amines) is 1. The number of nitrogens with one attached hydrogen (secondary N) is 1. The summed E-state index contributed by atoms with van der Waals surface area (Å²) in [5.74, 6) is 0.319. The number of likely N-dealkylation sites (N-methyl/N-ethyl adjacent to an activating group) is 1. The van der Waals surface area contributed by atoms with Gasteiger partial charge < -0.3 is 24.3 Å². The minimum Gasteiger partial charge on any atom is -0.475 e. The van der Waals surface area contributed by atoms with E-state index in [1.54, 1.807) is 0 Å². The zero-order valence-corrected chi connectivity index (χ0v) is 26.1. The maximum Gasteiger partial charge on any atom is 0.246 e. The van der Waals surface area contributed by atoms with Crippen LogP contribution in [0.5, 0.6) is 5.88 Å². The van der Waals surface area contributed by atoms with Crippen LogP contribution in [-0.4, -0.2) is 88.8 Å². The quantitative estimate of drug-likeness (QED) is 0.413. The van der Waals surface area contributed by atoms with E-state index in [9.17, 15) is 10.1 Å². The SMILES string of the molecule is C=CC(=O)N1[C@H](C)CN(c2c(C#N)c(OCC3CCCN3C)nc3c2CCN(c2c(C)ccc4[nH]nc(Cl)c24)C3)C[C@@H]1C. The van der Waals surface area contributed by atoms with Crippen molar-refractivity contribution in [3.05, 3.63) is 52.3 Å². The molecule has 0 radical (unpaired) electrons. The maximum absolute atomic E-state index is 12.7. The summed E-state index contributed by atoms with van der Waals surface area (Å²) in [6, 6.07) is 6.75. The minimum absolute atomic E-state index is 0.0512. The van der Waals surface area contributed by atoms with Crippen molar-refractivity contribution in [2.24, 2.45) is 0 Å². The van der Waals surface area contributed by atoms with Gasteiger partial charge >= 0.3 is 0 Å². The molecule has 5 heterocycles. The van der Waals surface area contributed by atoms with Crippen LogP contribution in [0.25, 0.3) is 10.9 Å². The van der Waals surface area contributed by atoms with Gasteiger partial charge in [0, 0.05) is 43.3 Å². The number of benzene rings is 1. The summed E-state index contributed by atoms with van der Waals surface area (Å²) in [5, 5.41) is 19.2. The number of amides is 1. The number of H-pyrrole nitrogens is 1. The molecule has 10 nitrogen and oxygen atoms in total. The van der Waals surface area contributed by atoms with E-state index in [4.69, 9.17) is 21.3 Å². The first-order chi connectivity index (χ1) is 20.7. The van der Waals surface area contributed by atoms with Crippen LogP contribution in [0.3, 0.4) is 0 Å². The molecule has 3 aromatic rings. The summed E-state index contributed by atoms with van der Waals surface area (Å²) in [6.45, 7) is 13.9. The third kappa shape index (κ3) is 5.19. The predicted molar refractivity (Wildman–Crippen MR) is 169 cm³/mol. The van der Waals surface area contributed by atoms with Gasteiger partial charge in [0.2, 0.25) is 11.8 Å². The van der Waals surface area contributed by atoms with Gasteiger partial charge in [-0.2, -0.15) is 10.4 Å². The monoisotopic (exact) mass is 602 g/mol. The molecule has 0 spiro atoms. The molecule has 1 amide bonds. The summed E-state index contributed by atoms with van der Waals surface area (Å²) in [7, 11) is 2.12. The molecule has 0 aliphatic carbocycles. The number of nitriles is 1. The number of aromatic amines is 1. The van der Waals surface area contributed by atoms with Gasteiger partial charge in [-0.25, -0.2) is 4.98 Å². The van der Waals surface area contributed by atoms with Crippen LogP contribution in [0.2, 0.25) is 5.15 Å². The van der Waals surface area contributed by atoms with Crippen LogP contribution in [0.15, 0.2) is 24.8 Å². The van der Waals surface area contributed by atoms with E-state index >= 15 is 0 Å². The molecule has 1 N–H and O–H groups in total. The van der Waals surface area contributed by atoms with Crippen LogP contribution in [-0.2, 0) is 17.8 Å². The molecular weight excluding hydrogens is 564 g/mol. The number of halogens is 1. The largest absolute Gasteiger partial charge is 0.475 e. The molecule has 11 heteroatoms. The van der Waals surface area contributed by atoms with Gasteiger partial charge in [0.1, 0.15) is 18.2 Å². The molecule has 2 fully saturated rings. The second-order valence-corrected chi connectivity index (χ2v) is 12.5. The highest BCUT2D eigenvalue weighted by Crippen LogP contribution is 2.41. The van der Waals surface area contributed by atoms with Gasteiger partial charge in [-0.1, -0.05) is 24.2 Å². The number of hydrogen-bond donors (Lipinski definition) is 1. The lowest BCUT2D eigenvalue weighted by Crippen LogP contribution is -2.58. The molecule has 1 aromatic carbocycles. The van der Waals surface area contributed by atoms with Crippen molar-refractivity contribution in [3.63, 3.8) is 0 Å². The summed E-state index contributed by atoms with van der Waals surface area (Å²) >= 11 is 6.56. The minimum atomic E-state index is -0.0697. The van der Waals surface area contributed by atoms with Crippen LogP contribution in [0.4, 0.5) is 11.4 Å². The molecule has 2 saturated heterocycles. The lowest BCUT2D eigenvalue weighted by Gasteiger charge is -2.46. The number of piperazine rings is 1. The summed E-state index contributed by atoms with van der Waals surface area (Å²) in [5.41, 5.74) is 6.39. The number of fused-ring (bicyclic) bond motifs is 2. The number of pyridine rings is 1. The van der Waals surface area contributed by atoms with Gasteiger partial charge in [0.05, 0.1) is 34.5 Å². The molecule has 226 valence electrons. The highest BCUT2D eigenvalue weighted by Gasteiger charge is 2.37. The Kier molecular flexibility index (Phi) is 7.96. The Morgan fingerprint density at radius 3 is 2.67 bits per heavy atom. The van der Waals surface area contributed by atoms with Gasteiger partial charge in [-0.3, -0.25) is 9.89 Å². The van der Waals surface area contributed by atoms with Crippen molar-refractivity contribution in [1.82, 2.24) is 25.0 Å². The maximum atomic E-state index is 12.7. The number of nitrogens with zero attached hydrogens (tertiary/aromatic N) is 7. The van der Waals surface area contributed by atoms with Crippen LogP contribution in [0, 0.1) is 18.3 Å². The Bertz CT molecular complexity index is 1600. The lowest BCUT2D eigenvalue weighted by molar-refractivity contribution is -0.130. The average Bonchev–Trinajstić information content (AvgIpc) is 3.58. The van der Waals surface area contributed by atoms with E-state index in [0.717, 1.165) is 65.0 Å². The van der Waals surface area contributed by atoms with Gasteiger partial charge in [-0.05, 0) is 71.3 Å². The standard InChI is InChI=1S/C32H39ClN8O2/c1-6-27(42)41-20(3)15-40(16-21(41)4)30-23-11-13-39(29-19(2)9-10-25-28(29)31(33)37-36-25)17-26(23)35-32(24(30)14-34)43-18-22-8-7-12-38(22)5/h6,9-10,20-22H,1,7-8,11-13,15-18H2,2-5H3,(H,36,37)/t20-,21+,22?. The van der Waals surface area contributed by atoms with E-state index in [1.807, 2.05) is 11.0 Å². The van der Waals surface area contributed by atoms with E-state index in [2.05, 4.69) is 71.4 Å². The number of ether oxygens (including phenoxy) is 1. The first kappa shape index (κ1) is 29.3. The number of carbonyl (C=O) groups excluding carboxylic acids is 1. The smallest absolute Gasteiger partial charge is 0.246 e. The molecule has 0 bridgehead atoms. The molecule has 3 aliphatic rings. The molecule has 2 aromatic heterocycles. The van der Waals surface area contributed by atoms with Gasteiger partial charge in [0.15, 0.2) is 5.15 Å². The molecule has 43 heavy (non-hydrogen) atoms. The molecule has 6 rings (SSSR count). The topological polar surface area (TPSA) is 105 Å². The lowest BCUT2D eigenvalue weighted by atomic mass is 9.95. The zero-order valence-electron chi connectivity index (χ0n) is 25.4. The Morgan fingerprint density at radius 1 is 1.23 bits per heavy atom. The number of rotatable bonds is 6. The van der Waals surface area contributed by atoms with Crippen LogP contribution in [0.1, 0.15) is 49.1 Å². The summed E-state index contributed by atoms with van der Waals surface area (Å²) in [4.78, 5) is 26.5. The normalized spacial score (nSPS) is 22.5. The van der Waals surface area contributed by atoms with E-state index in [1.165, 1.54) is 6.08 Å². The Morgan fingerprint density at radius 2 is 2.00 bits per heavy atom. The van der Waals surface area contributed by atoms with Crippen LogP contribution < -0.4 is 14.5 Å². The Balaban J connectivity index is 1.42. The van der Waals surface area contributed by atoms with Gasteiger partial charge in [-0.15, -0.1) is 0 Å². The van der Waals surface area contributed by atoms with Crippen LogP contribution >= 0.6 is 11.6 Å². The van der Waals surface area contributed by atoms with Crippen molar-refractivity contribution in [1.29, 1.82) is 5.26 Å². The molecule has 1 unspecified atom stereocenters. The van der Waals surface area contributed by atoms with E-state index < -0.39 is 0 Å². The Labute approximate surface area is 257 Å². The fourth-order valence-corrected chi connectivity index (χ4v) is 7.49. The second-order valence-electron chi connectivity index (χ2n) is 12.2. The summed E-state index contributed by atoms with van der Waals surface area (Å²) < 4.78 is 6.42. The van der Waals surface area contributed by atoms with Crippen molar-refractivity contribution < 1.29 is 9.53 Å². The number of aryl methyl sites for hydroxylation is 1. The fraction of sp³-hybridized carbons (Fsp3) is 0.500. The van der Waals surface area contributed by atoms with E-state index in [0.29, 0.717) is 55.3 Å². The predicted octanol–water partition coefficient (Wildman–Crippen LogP) is 4.44. The number of anilines is 2. The van der Waals surface area contributed by atoms with E-state index in [-0.39, 0.29) is 18.0 Å². The Hall–Kier alpha value is -3.81. The number of hydrogen-bond acceptors (Lipinski definition) is 8. The first-order valence-corrected chi connectivity index (χ1v) is 15.5. The third-order valence-electron chi connectivity index (χ3n) is 9.33. The highest BCUT2D eigenvalue weighted by molar-refractivity contribution is 6.35. The first-order valence-electron chi connectivity index (χ1n) is 15.1. The third-order valence-corrected chi connectivity index (χ3v) is 9.60.